The SMILES string of the molecule is CC(C)c1ccc(OCCNC(=O)C(=O)O)cc1. The molecule has 0 heterocycles. The number of aliphatic carboxylic acids is 1. The first kappa shape index (κ1) is 14.0. The Bertz CT molecular complexity index is 412. The molecule has 0 saturated carbocycles. The molecule has 0 atom stereocenters. The van der Waals surface area contributed by atoms with Gasteiger partial charge in [-0.3, -0.25) is 4.79 Å². The van der Waals surface area contributed by atoms with Crippen molar-refractivity contribution in [1.29, 1.82) is 0 Å². The molecule has 1 rings (SSSR count). The highest BCUT2D eigenvalue weighted by Gasteiger charge is 2.09. The Balaban J connectivity index is 2.31. The fourth-order valence-electron chi connectivity index (χ4n) is 1.36. The van der Waals surface area contributed by atoms with Crippen LogP contribution < -0.4 is 10.1 Å². The predicted molar refractivity (Wildman–Crippen MR) is 66.7 cm³/mol. The lowest BCUT2D eigenvalue weighted by molar-refractivity contribution is -0.150. The fraction of sp³-hybridized carbons (Fsp3) is 0.385. The van der Waals surface area contributed by atoms with E-state index in [0.29, 0.717) is 11.7 Å². The molecule has 0 unspecified atom stereocenters. The van der Waals surface area contributed by atoms with Crippen molar-refractivity contribution in [2.75, 3.05) is 13.2 Å². The van der Waals surface area contributed by atoms with Crippen LogP contribution >= 0.6 is 0 Å². The Morgan fingerprint density at radius 1 is 1.28 bits per heavy atom. The molecule has 0 fully saturated rings. The molecule has 5 heteroatoms. The lowest BCUT2D eigenvalue weighted by Crippen LogP contribution is -2.33. The molecule has 1 aromatic carbocycles. The number of carboxylic acids is 1. The van der Waals surface area contributed by atoms with Crippen LogP contribution in [0, 0.1) is 0 Å². The van der Waals surface area contributed by atoms with Crippen molar-refractivity contribution in [1.82, 2.24) is 5.32 Å². The second kappa shape index (κ2) is 6.64. The minimum absolute atomic E-state index is 0.164. The van der Waals surface area contributed by atoms with Crippen LogP contribution in [0.3, 0.4) is 0 Å². The average Bonchev–Trinajstić information content (AvgIpc) is 2.34. The van der Waals surface area contributed by atoms with Gasteiger partial charge in [-0.05, 0) is 23.6 Å². The van der Waals surface area contributed by atoms with Gasteiger partial charge in [-0.2, -0.15) is 0 Å². The van der Waals surface area contributed by atoms with E-state index in [0.717, 1.165) is 0 Å². The Morgan fingerprint density at radius 3 is 2.39 bits per heavy atom. The zero-order valence-corrected chi connectivity index (χ0v) is 10.5. The molecule has 2 N–H and O–H groups in total. The summed E-state index contributed by atoms with van der Waals surface area (Å²) < 4.78 is 5.36. The van der Waals surface area contributed by atoms with E-state index in [-0.39, 0.29) is 13.2 Å². The quantitative estimate of drug-likeness (QED) is 0.612. The first-order valence-electron chi connectivity index (χ1n) is 5.74. The topological polar surface area (TPSA) is 75.6 Å². The van der Waals surface area contributed by atoms with Crippen molar-refractivity contribution >= 4 is 11.9 Å². The highest BCUT2D eigenvalue weighted by Crippen LogP contribution is 2.18. The van der Waals surface area contributed by atoms with Gasteiger partial charge in [0.2, 0.25) is 0 Å². The second-order valence-corrected chi connectivity index (χ2v) is 4.13. The summed E-state index contributed by atoms with van der Waals surface area (Å²) >= 11 is 0. The Hall–Kier alpha value is -2.04. The van der Waals surface area contributed by atoms with Crippen LogP contribution in [-0.4, -0.2) is 30.1 Å². The zero-order valence-electron chi connectivity index (χ0n) is 10.5. The van der Waals surface area contributed by atoms with Crippen molar-refractivity contribution < 1.29 is 19.4 Å². The number of hydrogen-bond acceptors (Lipinski definition) is 3. The number of nitrogens with one attached hydrogen (secondary N) is 1. The molecule has 0 spiro atoms. The molecule has 0 aromatic heterocycles. The van der Waals surface area contributed by atoms with Gasteiger partial charge < -0.3 is 15.2 Å². The highest BCUT2D eigenvalue weighted by atomic mass is 16.5. The molecule has 1 amide bonds. The summed E-state index contributed by atoms with van der Waals surface area (Å²) in [5, 5.41) is 10.5. The van der Waals surface area contributed by atoms with Crippen molar-refractivity contribution in [3.8, 4) is 5.75 Å². The molecule has 0 saturated heterocycles. The van der Waals surface area contributed by atoms with Gasteiger partial charge in [0.1, 0.15) is 12.4 Å². The van der Waals surface area contributed by atoms with Gasteiger partial charge in [0.25, 0.3) is 0 Å². The number of ether oxygens (including phenoxy) is 1. The van der Waals surface area contributed by atoms with E-state index in [4.69, 9.17) is 9.84 Å². The number of carbonyl (C=O) groups excluding carboxylic acids is 1. The first-order chi connectivity index (χ1) is 8.50. The van der Waals surface area contributed by atoms with Crippen LogP contribution in [0.15, 0.2) is 24.3 Å². The van der Waals surface area contributed by atoms with E-state index in [1.165, 1.54) is 5.56 Å². The lowest BCUT2D eigenvalue weighted by Gasteiger charge is -2.09. The van der Waals surface area contributed by atoms with E-state index in [1.54, 1.807) is 0 Å². The number of carboxylic acid groups (broad SMARTS) is 1. The third-order valence-electron chi connectivity index (χ3n) is 2.40. The maximum atomic E-state index is 10.7. The maximum Gasteiger partial charge on any atom is 0.394 e. The van der Waals surface area contributed by atoms with Crippen LogP contribution in [0.25, 0.3) is 0 Å². The average molecular weight is 251 g/mol. The van der Waals surface area contributed by atoms with Gasteiger partial charge in [-0.15, -0.1) is 0 Å². The summed E-state index contributed by atoms with van der Waals surface area (Å²) in [5.41, 5.74) is 1.22. The van der Waals surface area contributed by atoms with Crippen LogP contribution in [0.5, 0.6) is 5.75 Å². The Labute approximate surface area is 106 Å². The number of rotatable bonds is 5. The number of hydrogen-bond donors (Lipinski definition) is 2. The minimum Gasteiger partial charge on any atom is -0.492 e. The zero-order chi connectivity index (χ0) is 13.5. The van der Waals surface area contributed by atoms with Crippen molar-refractivity contribution in [3.05, 3.63) is 29.8 Å². The maximum absolute atomic E-state index is 10.7. The van der Waals surface area contributed by atoms with Gasteiger partial charge in [0.05, 0.1) is 6.54 Å². The number of benzene rings is 1. The molecule has 0 aliphatic carbocycles. The second-order valence-electron chi connectivity index (χ2n) is 4.13. The van der Waals surface area contributed by atoms with Gasteiger partial charge in [0, 0.05) is 0 Å². The summed E-state index contributed by atoms with van der Waals surface area (Å²) in [5.74, 6) is -1.34. The standard InChI is InChI=1S/C13H17NO4/c1-9(2)10-3-5-11(6-4-10)18-8-7-14-12(15)13(16)17/h3-6,9H,7-8H2,1-2H3,(H,14,15)(H,16,17). The summed E-state index contributed by atoms with van der Waals surface area (Å²) in [6, 6.07) is 7.67. The molecule has 0 radical (unpaired) electrons. The molecule has 0 aliphatic rings. The number of carbonyl (C=O) groups is 2. The molecule has 1 aromatic rings. The van der Waals surface area contributed by atoms with Crippen LogP contribution in [0.2, 0.25) is 0 Å². The Kier molecular flexibility index (Phi) is 5.17. The molecule has 0 bridgehead atoms. The monoisotopic (exact) mass is 251 g/mol. The van der Waals surface area contributed by atoms with Crippen molar-refractivity contribution in [2.45, 2.75) is 19.8 Å². The van der Waals surface area contributed by atoms with E-state index in [1.807, 2.05) is 24.3 Å². The largest absolute Gasteiger partial charge is 0.492 e. The molecule has 98 valence electrons. The summed E-state index contributed by atoms with van der Waals surface area (Å²) in [6.45, 7) is 4.62. The summed E-state index contributed by atoms with van der Waals surface area (Å²) in [4.78, 5) is 20.9. The van der Waals surface area contributed by atoms with Gasteiger partial charge in [0.15, 0.2) is 0 Å². The highest BCUT2D eigenvalue weighted by molar-refractivity contribution is 6.31. The predicted octanol–water partition coefficient (Wildman–Crippen LogP) is 1.39. The van der Waals surface area contributed by atoms with E-state index < -0.39 is 11.9 Å². The molecular formula is C13H17NO4. The summed E-state index contributed by atoms with van der Waals surface area (Å²) in [6.07, 6.45) is 0. The van der Waals surface area contributed by atoms with Crippen molar-refractivity contribution in [3.63, 3.8) is 0 Å². The third kappa shape index (κ3) is 4.45. The molecule has 5 nitrogen and oxygen atoms in total. The Morgan fingerprint density at radius 2 is 1.89 bits per heavy atom. The van der Waals surface area contributed by atoms with E-state index in [2.05, 4.69) is 19.2 Å². The first-order valence-corrected chi connectivity index (χ1v) is 5.74. The van der Waals surface area contributed by atoms with E-state index >= 15 is 0 Å². The van der Waals surface area contributed by atoms with Gasteiger partial charge in [-0.25, -0.2) is 4.79 Å². The van der Waals surface area contributed by atoms with Gasteiger partial charge in [-0.1, -0.05) is 26.0 Å². The normalized spacial score (nSPS) is 10.2. The third-order valence-corrected chi connectivity index (χ3v) is 2.40. The lowest BCUT2D eigenvalue weighted by atomic mass is 10.0. The van der Waals surface area contributed by atoms with Crippen LogP contribution in [0.4, 0.5) is 0 Å². The molecule has 18 heavy (non-hydrogen) atoms. The van der Waals surface area contributed by atoms with Gasteiger partial charge >= 0.3 is 11.9 Å². The smallest absolute Gasteiger partial charge is 0.394 e. The van der Waals surface area contributed by atoms with Crippen LogP contribution in [-0.2, 0) is 9.59 Å². The fourth-order valence-corrected chi connectivity index (χ4v) is 1.36. The van der Waals surface area contributed by atoms with Crippen molar-refractivity contribution in [2.24, 2.45) is 0 Å². The number of amides is 1. The minimum atomic E-state index is -1.49. The molecule has 0 aliphatic heterocycles. The molecular weight excluding hydrogens is 234 g/mol. The van der Waals surface area contributed by atoms with E-state index in [9.17, 15) is 9.59 Å². The van der Waals surface area contributed by atoms with Crippen LogP contribution in [0.1, 0.15) is 25.3 Å². The summed E-state index contributed by atoms with van der Waals surface area (Å²) in [7, 11) is 0.